The van der Waals surface area contributed by atoms with Crippen LogP contribution >= 0.6 is 0 Å². The van der Waals surface area contributed by atoms with E-state index in [1.165, 1.54) is 5.69 Å². The van der Waals surface area contributed by atoms with Crippen LogP contribution in [0.2, 0.25) is 0 Å². The molecule has 0 unspecified atom stereocenters. The van der Waals surface area contributed by atoms with Crippen molar-refractivity contribution < 1.29 is 14.3 Å². The van der Waals surface area contributed by atoms with Crippen LogP contribution in [0.4, 0.5) is 11.6 Å². The summed E-state index contributed by atoms with van der Waals surface area (Å²) in [4.78, 5) is 25.2. The van der Waals surface area contributed by atoms with Crippen LogP contribution in [0.3, 0.4) is 0 Å². The molecule has 1 aromatic heterocycles. The minimum atomic E-state index is -0.192. The number of methoxy groups -OCH3 is 2. The summed E-state index contributed by atoms with van der Waals surface area (Å²) in [5.74, 6) is 1.32. The Morgan fingerprint density at radius 1 is 1.04 bits per heavy atom. The van der Waals surface area contributed by atoms with Gasteiger partial charge in [0, 0.05) is 57.9 Å². The van der Waals surface area contributed by atoms with Gasteiger partial charge >= 0.3 is 0 Å². The van der Waals surface area contributed by atoms with E-state index < -0.39 is 0 Å². The average molecular weight is 371 g/mol. The van der Waals surface area contributed by atoms with Gasteiger partial charge in [-0.05, 0) is 24.3 Å². The molecule has 27 heavy (non-hydrogen) atoms. The average Bonchev–Trinajstić information content (AvgIpc) is 2.74. The summed E-state index contributed by atoms with van der Waals surface area (Å²) >= 11 is 0. The second-order valence-electron chi connectivity index (χ2n) is 6.19. The molecule has 144 valence electrons. The Morgan fingerprint density at radius 3 is 2.26 bits per heavy atom. The number of hydrogen-bond donors (Lipinski definition) is 1. The molecule has 0 bridgehead atoms. The molecular weight excluding hydrogens is 346 g/mol. The Hall–Kier alpha value is -2.87. The van der Waals surface area contributed by atoms with Crippen molar-refractivity contribution in [1.29, 1.82) is 0 Å². The number of rotatable bonds is 7. The topological polar surface area (TPSA) is 79.8 Å². The quantitative estimate of drug-likeness (QED) is 0.732. The molecule has 0 aliphatic carbocycles. The Balaban J connectivity index is 1.53. The molecule has 1 aliphatic heterocycles. The monoisotopic (exact) mass is 371 g/mol. The van der Waals surface area contributed by atoms with Gasteiger partial charge in [0.2, 0.25) is 5.95 Å². The maximum Gasteiger partial charge on any atom is 0.254 e. The van der Waals surface area contributed by atoms with Crippen LogP contribution in [0.1, 0.15) is 10.4 Å². The lowest BCUT2D eigenvalue weighted by Gasteiger charge is -2.36. The van der Waals surface area contributed by atoms with Crippen LogP contribution in [0.15, 0.2) is 36.7 Å². The summed E-state index contributed by atoms with van der Waals surface area (Å²) in [5, 5.41) is 2.76. The fourth-order valence-corrected chi connectivity index (χ4v) is 2.93. The first-order valence-corrected chi connectivity index (χ1v) is 8.94. The predicted molar refractivity (Wildman–Crippen MR) is 104 cm³/mol. The third kappa shape index (κ3) is 4.85. The van der Waals surface area contributed by atoms with Crippen LogP contribution < -0.4 is 19.9 Å². The number of nitrogens with zero attached hydrogens (tertiary/aromatic N) is 4. The summed E-state index contributed by atoms with van der Waals surface area (Å²) in [6, 6.07) is 8.09. The van der Waals surface area contributed by atoms with Gasteiger partial charge in [0.05, 0.1) is 19.3 Å². The number of aromatic nitrogens is 2. The highest BCUT2D eigenvalue weighted by molar-refractivity contribution is 5.93. The first-order valence-electron chi connectivity index (χ1n) is 8.94. The van der Waals surface area contributed by atoms with Gasteiger partial charge in [-0.1, -0.05) is 0 Å². The van der Waals surface area contributed by atoms with Crippen molar-refractivity contribution in [3.8, 4) is 5.75 Å². The number of hydrogen-bond acceptors (Lipinski definition) is 7. The normalized spacial score (nSPS) is 14.1. The van der Waals surface area contributed by atoms with Gasteiger partial charge in [0.25, 0.3) is 5.91 Å². The van der Waals surface area contributed by atoms with Crippen molar-refractivity contribution in [3.63, 3.8) is 0 Å². The first-order chi connectivity index (χ1) is 13.2. The third-order valence-electron chi connectivity index (χ3n) is 4.49. The summed E-state index contributed by atoms with van der Waals surface area (Å²) in [7, 11) is 3.26. The summed E-state index contributed by atoms with van der Waals surface area (Å²) < 4.78 is 10.1. The second kappa shape index (κ2) is 9.18. The van der Waals surface area contributed by atoms with Gasteiger partial charge in [-0.25, -0.2) is 9.97 Å². The fraction of sp³-hybridized carbons (Fsp3) is 0.421. The number of amides is 1. The van der Waals surface area contributed by atoms with Crippen LogP contribution in [-0.4, -0.2) is 69.4 Å². The number of nitrogens with one attached hydrogen (secondary N) is 1. The van der Waals surface area contributed by atoms with E-state index in [1.807, 2.05) is 12.1 Å². The highest BCUT2D eigenvalue weighted by Gasteiger charge is 2.19. The summed E-state index contributed by atoms with van der Waals surface area (Å²) in [5.41, 5.74) is 1.63. The van der Waals surface area contributed by atoms with E-state index in [0.717, 1.165) is 31.9 Å². The Morgan fingerprint density at radius 2 is 1.67 bits per heavy atom. The molecule has 1 saturated heterocycles. The van der Waals surface area contributed by atoms with E-state index in [2.05, 4.69) is 37.2 Å². The molecule has 3 rings (SSSR count). The molecule has 1 fully saturated rings. The first kappa shape index (κ1) is 18.9. The van der Waals surface area contributed by atoms with E-state index in [-0.39, 0.29) is 5.91 Å². The van der Waals surface area contributed by atoms with E-state index in [9.17, 15) is 4.79 Å². The summed E-state index contributed by atoms with van der Waals surface area (Å²) in [6.45, 7) is 4.36. The Bertz CT molecular complexity index is 728. The SMILES string of the molecule is COCCNC(=O)c1cnc(N2CCN(c3ccc(OC)cc3)CC2)nc1. The lowest BCUT2D eigenvalue weighted by atomic mass is 10.2. The zero-order valence-electron chi connectivity index (χ0n) is 15.7. The maximum atomic E-state index is 12.0. The predicted octanol–water partition coefficient (Wildman–Crippen LogP) is 1.19. The van der Waals surface area contributed by atoms with E-state index in [0.29, 0.717) is 24.7 Å². The number of carbonyl (C=O) groups is 1. The molecule has 2 heterocycles. The van der Waals surface area contributed by atoms with Gasteiger partial charge in [-0.3, -0.25) is 4.79 Å². The van der Waals surface area contributed by atoms with Crippen LogP contribution in [0.25, 0.3) is 0 Å². The Kier molecular flexibility index (Phi) is 6.43. The molecule has 1 aliphatic rings. The van der Waals surface area contributed by atoms with Gasteiger partial charge < -0.3 is 24.6 Å². The zero-order chi connectivity index (χ0) is 19.1. The van der Waals surface area contributed by atoms with Crippen LogP contribution in [0.5, 0.6) is 5.75 Å². The van der Waals surface area contributed by atoms with Crippen LogP contribution in [-0.2, 0) is 4.74 Å². The van der Waals surface area contributed by atoms with Crippen LogP contribution in [0, 0.1) is 0 Å². The smallest absolute Gasteiger partial charge is 0.254 e. The van der Waals surface area contributed by atoms with Gasteiger partial charge in [-0.15, -0.1) is 0 Å². The highest BCUT2D eigenvalue weighted by atomic mass is 16.5. The Labute approximate surface area is 159 Å². The molecule has 8 heteroatoms. The number of ether oxygens (including phenoxy) is 2. The zero-order valence-corrected chi connectivity index (χ0v) is 15.7. The molecule has 0 atom stereocenters. The van der Waals surface area contributed by atoms with Crippen molar-refractivity contribution in [2.75, 3.05) is 63.4 Å². The lowest BCUT2D eigenvalue weighted by molar-refractivity contribution is 0.0936. The van der Waals surface area contributed by atoms with Crippen molar-refractivity contribution in [2.45, 2.75) is 0 Å². The lowest BCUT2D eigenvalue weighted by Crippen LogP contribution is -2.47. The number of piperazine rings is 1. The number of anilines is 2. The maximum absolute atomic E-state index is 12.0. The number of carbonyl (C=O) groups excluding carboxylic acids is 1. The standard InChI is InChI=1S/C19H25N5O3/c1-26-12-7-20-18(25)15-13-21-19(22-14-15)24-10-8-23(9-11-24)16-3-5-17(27-2)6-4-16/h3-6,13-14H,7-12H2,1-2H3,(H,20,25). The summed E-state index contributed by atoms with van der Waals surface area (Å²) in [6.07, 6.45) is 3.14. The van der Waals surface area contributed by atoms with Gasteiger partial charge in [0.1, 0.15) is 5.75 Å². The largest absolute Gasteiger partial charge is 0.497 e. The van der Waals surface area contributed by atoms with Crippen molar-refractivity contribution in [1.82, 2.24) is 15.3 Å². The molecule has 1 amide bonds. The minimum absolute atomic E-state index is 0.192. The molecule has 1 N–H and O–H groups in total. The number of benzene rings is 1. The molecule has 0 saturated carbocycles. The highest BCUT2D eigenvalue weighted by Crippen LogP contribution is 2.21. The van der Waals surface area contributed by atoms with E-state index in [1.54, 1.807) is 26.6 Å². The van der Waals surface area contributed by atoms with Gasteiger partial charge in [-0.2, -0.15) is 0 Å². The van der Waals surface area contributed by atoms with E-state index in [4.69, 9.17) is 9.47 Å². The van der Waals surface area contributed by atoms with Crippen molar-refractivity contribution >= 4 is 17.5 Å². The molecule has 2 aromatic rings. The van der Waals surface area contributed by atoms with Crippen molar-refractivity contribution in [2.24, 2.45) is 0 Å². The third-order valence-corrected chi connectivity index (χ3v) is 4.49. The molecule has 0 spiro atoms. The molecular formula is C19H25N5O3. The van der Waals surface area contributed by atoms with Crippen molar-refractivity contribution in [3.05, 3.63) is 42.2 Å². The molecule has 8 nitrogen and oxygen atoms in total. The minimum Gasteiger partial charge on any atom is -0.497 e. The van der Waals surface area contributed by atoms with Gasteiger partial charge in [0.15, 0.2) is 0 Å². The molecule has 1 aromatic carbocycles. The fourth-order valence-electron chi connectivity index (χ4n) is 2.93. The second-order valence-corrected chi connectivity index (χ2v) is 6.19. The van der Waals surface area contributed by atoms with E-state index >= 15 is 0 Å². The molecule has 0 radical (unpaired) electrons.